The number of fused-ring (bicyclic) bond motifs is 1. The summed E-state index contributed by atoms with van der Waals surface area (Å²) in [7, 11) is 1.27. The van der Waals surface area contributed by atoms with E-state index < -0.39 is 23.0 Å². The molecular formula is C18H12F3N5O2S. The number of hydrogen-bond donors (Lipinski definition) is 0. The standard InChI is InChI=1S/C18H12F3N5O2S/c1-28-16-14(21)7-12(8-22-16)25-17(27)15-4-5-23-26(15)24-18(25)29-9-10-2-3-11(19)6-13(10)20/h2-8H,9H2,1H3. The predicted octanol–water partition coefficient (Wildman–Crippen LogP) is 2.99. The Bertz CT molecular complexity index is 1270. The lowest BCUT2D eigenvalue weighted by atomic mass is 10.2. The molecule has 0 aliphatic heterocycles. The van der Waals surface area contributed by atoms with E-state index in [-0.39, 0.29) is 33.6 Å². The Hall–Kier alpha value is -3.34. The van der Waals surface area contributed by atoms with Crippen LogP contribution in [0.3, 0.4) is 0 Å². The van der Waals surface area contributed by atoms with Gasteiger partial charge in [0.05, 0.1) is 25.2 Å². The molecule has 0 spiro atoms. The normalized spacial score (nSPS) is 11.2. The molecule has 0 amide bonds. The van der Waals surface area contributed by atoms with E-state index in [9.17, 15) is 18.0 Å². The quantitative estimate of drug-likeness (QED) is 0.463. The van der Waals surface area contributed by atoms with Crippen LogP contribution >= 0.6 is 11.8 Å². The minimum atomic E-state index is -0.759. The Morgan fingerprint density at radius 1 is 1.14 bits per heavy atom. The first kappa shape index (κ1) is 19.0. The minimum absolute atomic E-state index is 0.0530. The summed E-state index contributed by atoms with van der Waals surface area (Å²) in [5, 5.41) is 8.34. The molecule has 4 aromatic rings. The second-order valence-corrected chi connectivity index (χ2v) is 6.78. The zero-order valence-corrected chi connectivity index (χ0v) is 15.7. The molecule has 29 heavy (non-hydrogen) atoms. The largest absolute Gasteiger partial charge is 0.479 e. The topological polar surface area (TPSA) is 74.3 Å². The van der Waals surface area contributed by atoms with Gasteiger partial charge in [0.25, 0.3) is 5.56 Å². The Balaban J connectivity index is 1.81. The summed E-state index contributed by atoms with van der Waals surface area (Å²) in [6.45, 7) is 0. The van der Waals surface area contributed by atoms with Crippen molar-refractivity contribution in [2.75, 3.05) is 7.11 Å². The summed E-state index contributed by atoms with van der Waals surface area (Å²) in [5.74, 6) is -2.33. The summed E-state index contributed by atoms with van der Waals surface area (Å²) in [5.41, 5.74) is -0.00661. The van der Waals surface area contributed by atoms with E-state index in [1.54, 1.807) is 0 Å². The summed E-state index contributed by atoms with van der Waals surface area (Å²) in [6.07, 6.45) is 2.66. The van der Waals surface area contributed by atoms with Crippen LogP contribution in [0.4, 0.5) is 13.2 Å². The average Bonchev–Trinajstić information content (AvgIpc) is 3.16. The predicted molar refractivity (Wildman–Crippen MR) is 98.8 cm³/mol. The molecule has 0 fully saturated rings. The number of methoxy groups -OCH3 is 1. The zero-order chi connectivity index (χ0) is 20.5. The highest BCUT2D eigenvalue weighted by Crippen LogP contribution is 2.25. The van der Waals surface area contributed by atoms with E-state index >= 15 is 0 Å². The van der Waals surface area contributed by atoms with Crippen molar-refractivity contribution >= 4 is 17.3 Å². The molecule has 7 nitrogen and oxygen atoms in total. The summed E-state index contributed by atoms with van der Waals surface area (Å²) >= 11 is 1.01. The Kier molecular flexibility index (Phi) is 4.97. The molecule has 0 N–H and O–H groups in total. The Labute approximate surface area is 165 Å². The highest BCUT2D eigenvalue weighted by Gasteiger charge is 2.17. The molecule has 148 valence electrons. The van der Waals surface area contributed by atoms with Crippen molar-refractivity contribution in [3.8, 4) is 11.6 Å². The molecule has 4 rings (SSSR count). The maximum Gasteiger partial charge on any atom is 0.285 e. The van der Waals surface area contributed by atoms with Crippen molar-refractivity contribution < 1.29 is 17.9 Å². The molecule has 0 saturated heterocycles. The zero-order valence-electron chi connectivity index (χ0n) is 14.8. The number of aromatic nitrogens is 5. The molecule has 0 saturated carbocycles. The van der Waals surface area contributed by atoms with Gasteiger partial charge in [-0.3, -0.25) is 9.36 Å². The van der Waals surface area contributed by atoms with Crippen LogP contribution in [0.2, 0.25) is 0 Å². The summed E-state index contributed by atoms with van der Waals surface area (Å²) in [4.78, 5) is 16.8. The lowest BCUT2D eigenvalue weighted by molar-refractivity contribution is 0.368. The number of nitrogens with zero attached hydrogens (tertiary/aromatic N) is 5. The van der Waals surface area contributed by atoms with Gasteiger partial charge in [-0.25, -0.2) is 18.2 Å². The van der Waals surface area contributed by atoms with Gasteiger partial charge in [0, 0.05) is 17.9 Å². The van der Waals surface area contributed by atoms with Crippen molar-refractivity contribution in [2.45, 2.75) is 10.9 Å². The average molecular weight is 419 g/mol. The van der Waals surface area contributed by atoms with Gasteiger partial charge in [-0.2, -0.15) is 5.10 Å². The molecule has 0 aliphatic carbocycles. The molecule has 0 radical (unpaired) electrons. The van der Waals surface area contributed by atoms with Crippen LogP contribution in [0.1, 0.15) is 5.56 Å². The van der Waals surface area contributed by atoms with E-state index in [0.717, 1.165) is 39.2 Å². The van der Waals surface area contributed by atoms with Crippen LogP contribution in [0, 0.1) is 17.5 Å². The van der Waals surface area contributed by atoms with E-state index in [0.29, 0.717) is 0 Å². The van der Waals surface area contributed by atoms with Gasteiger partial charge in [0.1, 0.15) is 11.6 Å². The second-order valence-electron chi connectivity index (χ2n) is 5.84. The lowest BCUT2D eigenvalue weighted by Crippen LogP contribution is -2.24. The fraction of sp³-hybridized carbons (Fsp3) is 0.111. The fourth-order valence-electron chi connectivity index (χ4n) is 2.65. The Morgan fingerprint density at radius 2 is 1.97 bits per heavy atom. The van der Waals surface area contributed by atoms with Gasteiger partial charge in [-0.15, -0.1) is 9.73 Å². The smallest absolute Gasteiger partial charge is 0.285 e. The van der Waals surface area contributed by atoms with Crippen molar-refractivity contribution in [1.29, 1.82) is 0 Å². The van der Waals surface area contributed by atoms with Crippen LogP contribution in [0.15, 0.2) is 52.7 Å². The van der Waals surface area contributed by atoms with E-state index in [4.69, 9.17) is 4.74 Å². The number of halogens is 3. The molecule has 0 aliphatic rings. The van der Waals surface area contributed by atoms with Crippen LogP contribution in [0.5, 0.6) is 5.88 Å². The van der Waals surface area contributed by atoms with Crippen LogP contribution in [-0.2, 0) is 5.75 Å². The number of ether oxygens (including phenoxy) is 1. The molecule has 1 aromatic carbocycles. The van der Waals surface area contributed by atoms with Crippen LogP contribution < -0.4 is 10.3 Å². The molecule has 0 atom stereocenters. The SMILES string of the molecule is COc1ncc(-n2c(SCc3ccc(F)cc3F)nn3nccc3c2=O)cc1F. The second kappa shape index (κ2) is 7.59. The van der Waals surface area contributed by atoms with E-state index in [2.05, 4.69) is 15.2 Å². The first-order valence-corrected chi connectivity index (χ1v) is 9.20. The van der Waals surface area contributed by atoms with Crippen LogP contribution in [-0.4, -0.2) is 31.5 Å². The fourth-order valence-corrected chi connectivity index (χ4v) is 3.62. The first-order chi connectivity index (χ1) is 14.0. The van der Waals surface area contributed by atoms with Gasteiger partial charge < -0.3 is 4.74 Å². The van der Waals surface area contributed by atoms with Gasteiger partial charge in [0.2, 0.25) is 5.88 Å². The molecular weight excluding hydrogens is 407 g/mol. The van der Waals surface area contributed by atoms with Crippen molar-refractivity contribution in [3.05, 3.63) is 76.1 Å². The Morgan fingerprint density at radius 3 is 2.69 bits per heavy atom. The summed E-state index contributed by atoms with van der Waals surface area (Å²) in [6, 6.07) is 5.77. The van der Waals surface area contributed by atoms with Gasteiger partial charge in [-0.05, 0) is 17.7 Å². The number of thioether (sulfide) groups is 1. The number of benzene rings is 1. The van der Waals surface area contributed by atoms with Crippen molar-refractivity contribution in [2.24, 2.45) is 0 Å². The third-order valence-corrected chi connectivity index (χ3v) is 5.01. The summed E-state index contributed by atoms with van der Waals surface area (Å²) < 4.78 is 48.3. The molecule has 3 heterocycles. The third-order valence-electron chi connectivity index (χ3n) is 4.03. The monoisotopic (exact) mass is 419 g/mol. The molecule has 0 unspecified atom stereocenters. The van der Waals surface area contributed by atoms with Gasteiger partial charge >= 0.3 is 0 Å². The van der Waals surface area contributed by atoms with Gasteiger partial charge in [-0.1, -0.05) is 17.8 Å². The third kappa shape index (κ3) is 3.56. The van der Waals surface area contributed by atoms with Crippen molar-refractivity contribution in [1.82, 2.24) is 24.4 Å². The van der Waals surface area contributed by atoms with Gasteiger partial charge in [0.15, 0.2) is 16.5 Å². The van der Waals surface area contributed by atoms with Crippen molar-refractivity contribution in [3.63, 3.8) is 0 Å². The number of rotatable bonds is 5. The minimum Gasteiger partial charge on any atom is -0.479 e. The molecule has 0 bridgehead atoms. The number of hydrogen-bond acceptors (Lipinski definition) is 6. The first-order valence-electron chi connectivity index (χ1n) is 8.21. The molecule has 3 aromatic heterocycles. The highest BCUT2D eigenvalue weighted by molar-refractivity contribution is 7.98. The maximum absolute atomic E-state index is 14.2. The lowest BCUT2D eigenvalue weighted by Gasteiger charge is -2.12. The van der Waals surface area contributed by atoms with E-state index in [1.807, 2.05) is 0 Å². The van der Waals surface area contributed by atoms with Crippen LogP contribution in [0.25, 0.3) is 11.2 Å². The molecule has 11 heteroatoms. The maximum atomic E-state index is 14.2. The highest BCUT2D eigenvalue weighted by atomic mass is 32.2. The number of pyridine rings is 1. The van der Waals surface area contributed by atoms with E-state index in [1.165, 1.54) is 31.6 Å².